The lowest BCUT2D eigenvalue weighted by Crippen LogP contribution is -2.39. The number of sulfonamides is 1. The van der Waals surface area contributed by atoms with Crippen LogP contribution < -0.4 is 0 Å². The van der Waals surface area contributed by atoms with E-state index in [1.165, 1.54) is 4.31 Å². The molecule has 1 N–H and O–H groups in total. The van der Waals surface area contributed by atoms with Crippen LogP contribution in [0.5, 0.6) is 0 Å². The Kier molecular flexibility index (Phi) is 5.00. The molecule has 0 radical (unpaired) electrons. The maximum atomic E-state index is 12.5. The molecule has 0 aliphatic carbocycles. The molecule has 1 aromatic carbocycles. The Morgan fingerprint density at radius 1 is 1.38 bits per heavy atom. The summed E-state index contributed by atoms with van der Waals surface area (Å²) in [5.41, 5.74) is 0.982. The van der Waals surface area contributed by atoms with E-state index < -0.39 is 22.0 Å². The van der Waals surface area contributed by atoms with Crippen molar-refractivity contribution >= 4 is 16.0 Å². The zero-order valence-corrected chi connectivity index (χ0v) is 12.9. The highest BCUT2D eigenvalue weighted by Gasteiger charge is 2.36. The van der Waals surface area contributed by atoms with Gasteiger partial charge in [-0.25, -0.2) is 8.42 Å². The quantitative estimate of drug-likeness (QED) is 0.872. The van der Waals surface area contributed by atoms with Crippen LogP contribution in [0.1, 0.15) is 37.7 Å². The number of hydrogen-bond donors (Lipinski definition) is 1. The Bertz CT molecular complexity index is 585. The molecule has 1 heterocycles. The third-order valence-electron chi connectivity index (χ3n) is 3.92. The minimum absolute atomic E-state index is 0.0210. The molecule has 6 heteroatoms. The number of benzene rings is 1. The average Bonchev–Trinajstić information content (AvgIpc) is 2.87. The summed E-state index contributed by atoms with van der Waals surface area (Å²) < 4.78 is 26.5. The van der Waals surface area contributed by atoms with Gasteiger partial charge >= 0.3 is 5.97 Å². The van der Waals surface area contributed by atoms with Crippen molar-refractivity contribution in [1.82, 2.24) is 4.31 Å². The maximum Gasteiger partial charge on any atom is 0.304 e. The van der Waals surface area contributed by atoms with Crippen molar-refractivity contribution in [3.05, 3.63) is 35.9 Å². The third kappa shape index (κ3) is 4.04. The molecule has 0 amide bonds. The lowest BCUT2D eigenvalue weighted by molar-refractivity contribution is -0.137. The largest absolute Gasteiger partial charge is 0.481 e. The zero-order chi connectivity index (χ0) is 15.5. The first-order chi connectivity index (χ1) is 9.90. The average molecular weight is 311 g/mol. The molecule has 2 atom stereocenters. The molecule has 1 aromatic rings. The summed E-state index contributed by atoms with van der Waals surface area (Å²) in [6, 6.07) is 9.12. The van der Waals surface area contributed by atoms with Gasteiger partial charge in [0.2, 0.25) is 10.0 Å². The van der Waals surface area contributed by atoms with Gasteiger partial charge in [-0.2, -0.15) is 4.31 Å². The van der Waals surface area contributed by atoms with Gasteiger partial charge in [0.15, 0.2) is 0 Å². The van der Waals surface area contributed by atoms with Crippen molar-refractivity contribution in [1.29, 1.82) is 0 Å². The molecule has 0 aromatic heterocycles. The van der Waals surface area contributed by atoms with Gasteiger partial charge in [0, 0.05) is 12.6 Å². The fourth-order valence-corrected chi connectivity index (χ4v) is 4.93. The van der Waals surface area contributed by atoms with Gasteiger partial charge in [0.05, 0.1) is 12.2 Å². The zero-order valence-electron chi connectivity index (χ0n) is 12.1. The highest BCUT2D eigenvalue weighted by molar-refractivity contribution is 7.89. The first-order valence-corrected chi connectivity index (χ1v) is 8.77. The minimum Gasteiger partial charge on any atom is -0.481 e. The molecule has 1 saturated heterocycles. The van der Waals surface area contributed by atoms with Crippen molar-refractivity contribution in [2.75, 3.05) is 12.3 Å². The number of carboxylic acids is 1. The second-order valence-corrected chi connectivity index (χ2v) is 7.56. The highest BCUT2D eigenvalue weighted by Crippen LogP contribution is 2.27. The molecule has 2 rings (SSSR count). The van der Waals surface area contributed by atoms with Crippen LogP contribution in [0.15, 0.2) is 30.3 Å². The fraction of sp³-hybridized carbons (Fsp3) is 0.533. The van der Waals surface area contributed by atoms with Crippen LogP contribution in [-0.2, 0) is 14.8 Å². The Morgan fingerprint density at radius 2 is 2.05 bits per heavy atom. The van der Waals surface area contributed by atoms with Crippen LogP contribution in [0.2, 0.25) is 0 Å². The van der Waals surface area contributed by atoms with Crippen molar-refractivity contribution in [2.45, 2.75) is 38.1 Å². The van der Waals surface area contributed by atoms with Crippen LogP contribution in [0.3, 0.4) is 0 Å². The molecule has 1 fully saturated rings. The number of rotatable bonds is 6. The molecule has 0 bridgehead atoms. The number of aliphatic carboxylic acids is 1. The second kappa shape index (κ2) is 6.58. The smallest absolute Gasteiger partial charge is 0.304 e. The molecule has 5 nitrogen and oxygen atoms in total. The Balaban J connectivity index is 2.09. The molecule has 1 aliphatic heterocycles. The molecule has 21 heavy (non-hydrogen) atoms. The predicted octanol–water partition coefficient (Wildman–Crippen LogP) is 2.06. The summed E-state index contributed by atoms with van der Waals surface area (Å²) in [7, 11) is -3.43. The molecule has 0 spiro atoms. The maximum absolute atomic E-state index is 12.5. The summed E-state index contributed by atoms with van der Waals surface area (Å²) >= 11 is 0. The van der Waals surface area contributed by atoms with E-state index in [1.807, 2.05) is 37.3 Å². The van der Waals surface area contributed by atoms with Gasteiger partial charge in [-0.05, 0) is 24.3 Å². The molecule has 116 valence electrons. The summed E-state index contributed by atoms with van der Waals surface area (Å²) in [5.74, 6) is -1.03. The van der Waals surface area contributed by atoms with Gasteiger partial charge in [-0.15, -0.1) is 0 Å². The molecular weight excluding hydrogens is 290 g/mol. The standard InChI is InChI=1S/C15H21NO4S/c1-12(13-6-3-2-4-7-13)11-21(19,20)16-9-5-8-14(16)10-15(17)18/h2-4,6-7,12,14H,5,8-11H2,1H3,(H,17,18). The summed E-state index contributed by atoms with van der Waals surface area (Å²) in [4.78, 5) is 10.8. The summed E-state index contributed by atoms with van der Waals surface area (Å²) in [6.07, 6.45) is 1.25. The van der Waals surface area contributed by atoms with Gasteiger partial charge in [0.25, 0.3) is 0 Å². The monoisotopic (exact) mass is 311 g/mol. The van der Waals surface area contributed by atoms with E-state index in [2.05, 4.69) is 0 Å². The summed E-state index contributed by atoms with van der Waals surface area (Å²) in [6.45, 7) is 2.32. The number of nitrogens with zero attached hydrogens (tertiary/aromatic N) is 1. The van der Waals surface area contributed by atoms with Gasteiger partial charge in [-0.3, -0.25) is 4.79 Å². The minimum atomic E-state index is -3.43. The van der Waals surface area contributed by atoms with Crippen LogP contribution >= 0.6 is 0 Å². The van der Waals surface area contributed by atoms with E-state index in [9.17, 15) is 13.2 Å². The molecule has 1 aliphatic rings. The Hall–Kier alpha value is -1.40. The Labute approximate surface area is 125 Å². The van der Waals surface area contributed by atoms with Crippen LogP contribution in [0, 0.1) is 0 Å². The van der Waals surface area contributed by atoms with Crippen LogP contribution in [-0.4, -0.2) is 42.1 Å². The molecule has 2 unspecified atom stereocenters. The Morgan fingerprint density at radius 3 is 2.67 bits per heavy atom. The van der Waals surface area contributed by atoms with Crippen molar-refractivity contribution in [3.8, 4) is 0 Å². The first-order valence-electron chi connectivity index (χ1n) is 7.16. The third-order valence-corrected chi connectivity index (χ3v) is 6.04. The normalized spacial score (nSPS) is 21.3. The SMILES string of the molecule is CC(CS(=O)(=O)N1CCCC1CC(=O)O)c1ccccc1. The van der Waals surface area contributed by atoms with Crippen LogP contribution in [0.25, 0.3) is 0 Å². The van der Waals surface area contributed by atoms with E-state index in [1.54, 1.807) is 0 Å². The first kappa shape index (κ1) is 16.0. The molecule has 0 saturated carbocycles. The second-order valence-electron chi connectivity index (χ2n) is 5.59. The number of hydrogen-bond acceptors (Lipinski definition) is 3. The van der Waals surface area contributed by atoms with E-state index in [0.29, 0.717) is 13.0 Å². The fourth-order valence-electron chi connectivity index (χ4n) is 2.87. The van der Waals surface area contributed by atoms with E-state index in [0.717, 1.165) is 12.0 Å². The van der Waals surface area contributed by atoms with E-state index in [4.69, 9.17) is 5.11 Å². The van der Waals surface area contributed by atoms with Crippen molar-refractivity contribution in [2.24, 2.45) is 0 Å². The lowest BCUT2D eigenvalue weighted by Gasteiger charge is -2.24. The van der Waals surface area contributed by atoms with Crippen molar-refractivity contribution in [3.63, 3.8) is 0 Å². The highest BCUT2D eigenvalue weighted by atomic mass is 32.2. The van der Waals surface area contributed by atoms with E-state index in [-0.39, 0.29) is 18.1 Å². The van der Waals surface area contributed by atoms with Crippen molar-refractivity contribution < 1.29 is 18.3 Å². The topological polar surface area (TPSA) is 74.7 Å². The number of carboxylic acid groups (broad SMARTS) is 1. The van der Waals surface area contributed by atoms with E-state index >= 15 is 0 Å². The van der Waals surface area contributed by atoms with Gasteiger partial charge < -0.3 is 5.11 Å². The van der Waals surface area contributed by atoms with Gasteiger partial charge in [0.1, 0.15) is 0 Å². The predicted molar refractivity (Wildman–Crippen MR) is 80.6 cm³/mol. The lowest BCUT2D eigenvalue weighted by atomic mass is 10.0. The molecular formula is C15H21NO4S. The van der Waals surface area contributed by atoms with Crippen LogP contribution in [0.4, 0.5) is 0 Å². The number of carbonyl (C=O) groups is 1. The van der Waals surface area contributed by atoms with Gasteiger partial charge in [-0.1, -0.05) is 37.3 Å². The summed E-state index contributed by atoms with van der Waals surface area (Å²) in [5, 5.41) is 8.90.